The van der Waals surface area contributed by atoms with Gasteiger partial charge in [0.25, 0.3) is 5.91 Å². The number of nitrogens with two attached hydrogens (primary N) is 2. The molecule has 23 heavy (non-hydrogen) atoms. The van der Waals surface area contributed by atoms with Crippen molar-refractivity contribution >= 4 is 5.91 Å². The Morgan fingerprint density at radius 2 is 1.87 bits per heavy atom. The monoisotopic (exact) mass is 321 g/mol. The number of ether oxygens (including phenoxy) is 3. The van der Waals surface area contributed by atoms with Crippen LogP contribution in [-0.4, -0.2) is 68.2 Å². The molecule has 0 saturated carbocycles. The maximum atomic E-state index is 12.7. The van der Waals surface area contributed by atoms with Crippen LogP contribution in [-0.2, 0) is 14.2 Å². The highest BCUT2D eigenvalue weighted by Crippen LogP contribution is 2.29. The maximum Gasteiger partial charge on any atom is 0.254 e. The Morgan fingerprint density at radius 3 is 2.57 bits per heavy atom. The van der Waals surface area contributed by atoms with E-state index in [-0.39, 0.29) is 24.7 Å². The van der Waals surface area contributed by atoms with Crippen LogP contribution >= 0.6 is 0 Å². The van der Waals surface area contributed by atoms with E-state index in [0.29, 0.717) is 38.3 Å². The number of carbonyl (C=O) groups excluding carboxylic acids is 1. The lowest BCUT2D eigenvalue weighted by Gasteiger charge is -2.48. The van der Waals surface area contributed by atoms with Crippen molar-refractivity contribution in [2.24, 2.45) is 11.5 Å². The van der Waals surface area contributed by atoms with Crippen LogP contribution in [0.4, 0.5) is 0 Å². The molecule has 126 valence electrons. The van der Waals surface area contributed by atoms with E-state index in [4.69, 9.17) is 25.7 Å². The number of amides is 1. The lowest BCUT2D eigenvalue weighted by molar-refractivity contribution is -0.345. The Balaban J connectivity index is 1.80. The van der Waals surface area contributed by atoms with E-state index in [2.05, 4.69) is 0 Å². The van der Waals surface area contributed by atoms with Crippen molar-refractivity contribution in [1.82, 2.24) is 4.90 Å². The topological polar surface area (TPSA) is 100 Å². The molecule has 1 aromatic carbocycles. The van der Waals surface area contributed by atoms with Crippen molar-refractivity contribution < 1.29 is 19.0 Å². The predicted molar refractivity (Wildman–Crippen MR) is 83.8 cm³/mol. The molecule has 1 aromatic rings. The molecule has 0 aliphatic carbocycles. The second-order valence-corrected chi connectivity index (χ2v) is 5.93. The molecule has 2 heterocycles. The summed E-state index contributed by atoms with van der Waals surface area (Å²) in [6.07, 6.45) is -0.537. The average molecular weight is 321 g/mol. The van der Waals surface area contributed by atoms with Crippen LogP contribution in [0, 0.1) is 0 Å². The summed E-state index contributed by atoms with van der Waals surface area (Å²) in [5, 5.41) is 0. The smallest absolute Gasteiger partial charge is 0.254 e. The summed E-state index contributed by atoms with van der Waals surface area (Å²) in [4.78, 5) is 14.5. The Morgan fingerprint density at radius 1 is 1.17 bits per heavy atom. The summed E-state index contributed by atoms with van der Waals surface area (Å²) >= 11 is 0. The molecule has 3 atom stereocenters. The van der Waals surface area contributed by atoms with Gasteiger partial charge in [-0.2, -0.15) is 0 Å². The molecule has 0 unspecified atom stereocenters. The number of nitrogens with zero attached hydrogens (tertiary/aromatic N) is 1. The third-order valence-corrected chi connectivity index (χ3v) is 4.08. The Labute approximate surface area is 135 Å². The summed E-state index contributed by atoms with van der Waals surface area (Å²) in [6, 6.07) is 9.15. The second kappa shape index (κ2) is 6.94. The average Bonchev–Trinajstić information content (AvgIpc) is 2.61. The fraction of sp³-hybridized carbons (Fsp3) is 0.562. The SMILES string of the molecule is NC[C@@H]1COC[C@]2(CN(C(=O)c3ccccc3)C[C@@H](CN)O2)O1. The van der Waals surface area contributed by atoms with Crippen LogP contribution in [0.15, 0.2) is 30.3 Å². The number of carbonyl (C=O) groups is 1. The lowest BCUT2D eigenvalue weighted by Crippen LogP contribution is -2.65. The van der Waals surface area contributed by atoms with Crippen LogP contribution in [0.1, 0.15) is 10.4 Å². The summed E-state index contributed by atoms with van der Waals surface area (Å²) in [7, 11) is 0. The van der Waals surface area contributed by atoms with Crippen LogP contribution in [0.3, 0.4) is 0 Å². The minimum Gasteiger partial charge on any atom is -0.373 e. The zero-order valence-electron chi connectivity index (χ0n) is 13.0. The summed E-state index contributed by atoms with van der Waals surface area (Å²) in [5.41, 5.74) is 12.1. The standard InChI is InChI=1S/C16H23N3O4/c17-6-13-8-19(15(20)12-4-2-1-3-5-12)10-16(22-13)11-21-9-14(7-18)23-16/h1-5,13-14H,6-11,17-18H2/t13-,14-,16+/m1/s1. The fourth-order valence-electron chi connectivity index (χ4n) is 3.00. The molecule has 2 saturated heterocycles. The normalized spacial score (nSPS) is 31.3. The summed E-state index contributed by atoms with van der Waals surface area (Å²) in [6.45, 7) is 2.07. The summed E-state index contributed by atoms with van der Waals surface area (Å²) in [5.74, 6) is -1.06. The molecule has 0 aromatic heterocycles. The van der Waals surface area contributed by atoms with Gasteiger partial charge in [0.1, 0.15) is 6.61 Å². The van der Waals surface area contributed by atoms with E-state index >= 15 is 0 Å². The first-order valence-electron chi connectivity index (χ1n) is 7.83. The van der Waals surface area contributed by atoms with Crippen molar-refractivity contribution in [1.29, 1.82) is 0 Å². The third kappa shape index (κ3) is 3.54. The van der Waals surface area contributed by atoms with Gasteiger partial charge in [0, 0.05) is 25.2 Å². The van der Waals surface area contributed by atoms with Gasteiger partial charge in [-0.05, 0) is 12.1 Å². The molecule has 2 aliphatic rings. The molecule has 0 bridgehead atoms. The molecule has 4 N–H and O–H groups in total. The molecule has 7 heteroatoms. The van der Waals surface area contributed by atoms with Gasteiger partial charge in [0.05, 0.1) is 25.4 Å². The first kappa shape index (κ1) is 16.4. The van der Waals surface area contributed by atoms with Gasteiger partial charge in [-0.15, -0.1) is 0 Å². The first-order chi connectivity index (χ1) is 11.2. The van der Waals surface area contributed by atoms with Crippen molar-refractivity contribution in [2.45, 2.75) is 18.0 Å². The zero-order chi connectivity index (χ0) is 16.3. The molecule has 3 rings (SSSR count). The van der Waals surface area contributed by atoms with E-state index in [1.54, 1.807) is 17.0 Å². The maximum absolute atomic E-state index is 12.7. The summed E-state index contributed by atoms with van der Waals surface area (Å²) < 4.78 is 17.6. The Hall–Kier alpha value is -1.51. The quantitative estimate of drug-likeness (QED) is 0.783. The van der Waals surface area contributed by atoms with Crippen molar-refractivity contribution in [3.63, 3.8) is 0 Å². The molecule has 1 amide bonds. The van der Waals surface area contributed by atoms with E-state index in [0.717, 1.165) is 0 Å². The molecule has 0 radical (unpaired) electrons. The van der Waals surface area contributed by atoms with Crippen LogP contribution in [0.5, 0.6) is 0 Å². The van der Waals surface area contributed by atoms with Gasteiger partial charge in [-0.25, -0.2) is 0 Å². The molecule has 2 fully saturated rings. The molecule has 7 nitrogen and oxygen atoms in total. The fourth-order valence-corrected chi connectivity index (χ4v) is 3.00. The zero-order valence-corrected chi connectivity index (χ0v) is 13.0. The molecular formula is C16H23N3O4. The first-order valence-corrected chi connectivity index (χ1v) is 7.83. The largest absolute Gasteiger partial charge is 0.373 e. The number of rotatable bonds is 3. The highest BCUT2D eigenvalue weighted by atomic mass is 16.7. The van der Waals surface area contributed by atoms with Gasteiger partial charge in [-0.1, -0.05) is 18.2 Å². The van der Waals surface area contributed by atoms with Crippen molar-refractivity contribution in [2.75, 3.05) is 39.4 Å². The van der Waals surface area contributed by atoms with Crippen LogP contribution in [0.2, 0.25) is 0 Å². The van der Waals surface area contributed by atoms with Gasteiger partial charge in [0.15, 0.2) is 0 Å². The van der Waals surface area contributed by atoms with Gasteiger partial charge < -0.3 is 30.6 Å². The van der Waals surface area contributed by atoms with Gasteiger partial charge in [0.2, 0.25) is 5.79 Å². The number of hydrogen-bond acceptors (Lipinski definition) is 6. The third-order valence-electron chi connectivity index (χ3n) is 4.08. The van der Waals surface area contributed by atoms with Crippen molar-refractivity contribution in [3.8, 4) is 0 Å². The molecule has 2 aliphatic heterocycles. The Bertz CT molecular complexity index is 537. The lowest BCUT2D eigenvalue weighted by atomic mass is 10.1. The van der Waals surface area contributed by atoms with Crippen LogP contribution in [0.25, 0.3) is 0 Å². The minimum absolute atomic E-state index is 0.0646. The Kier molecular flexibility index (Phi) is 4.93. The highest BCUT2D eigenvalue weighted by molar-refractivity contribution is 5.94. The second-order valence-electron chi connectivity index (χ2n) is 5.93. The number of morpholine rings is 1. The predicted octanol–water partition coefficient (Wildman–Crippen LogP) is -0.443. The molecule has 1 spiro atoms. The van der Waals surface area contributed by atoms with E-state index < -0.39 is 5.79 Å². The van der Waals surface area contributed by atoms with Gasteiger partial charge >= 0.3 is 0 Å². The van der Waals surface area contributed by atoms with E-state index in [1.807, 2.05) is 18.2 Å². The van der Waals surface area contributed by atoms with E-state index in [9.17, 15) is 4.79 Å². The number of hydrogen-bond donors (Lipinski definition) is 2. The van der Waals surface area contributed by atoms with Crippen molar-refractivity contribution in [3.05, 3.63) is 35.9 Å². The molecular weight excluding hydrogens is 298 g/mol. The number of benzene rings is 1. The van der Waals surface area contributed by atoms with Crippen LogP contribution < -0.4 is 11.5 Å². The van der Waals surface area contributed by atoms with Gasteiger partial charge in [-0.3, -0.25) is 4.79 Å². The highest BCUT2D eigenvalue weighted by Gasteiger charge is 2.47. The minimum atomic E-state index is -0.991. The van der Waals surface area contributed by atoms with E-state index in [1.165, 1.54) is 0 Å².